The van der Waals surface area contributed by atoms with Gasteiger partial charge in [0.15, 0.2) is 5.54 Å². The summed E-state index contributed by atoms with van der Waals surface area (Å²) in [6, 6.07) is 15.7. The lowest BCUT2D eigenvalue weighted by Gasteiger charge is -2.22. The first-order valence-corrected chi connectivity index (χ1v) is 12.5. The molecule has 1 aliphatic carbocycles. The van der Waals surface area contributed by atoms with Crippen molar-refractivity contribution < 1.29 is 4.39 Å². The van der Waals surface area contributed by atoms with Crippen molar-refractivity contribution in [2.75, 3.05) is 17.2 Å². The maximum absolute atomic E-state index is 13.8. The molecule has 2 aromatic heterocycles. The second kappa shape index (κ2) is 9.70. The molecule has 2 heterocycles. The fourth-order valence-corrected chi connectivity index (χ4v) is 4.38. The summed E-state index contributed by atoms with van der Waals surface area (Å²) in [5.41, 5.74) is 2.90. The van der Waals surface area contributed by atoms with Crippen LogP contribution in [0.5, 0.6) is 0 Å². The second-order valence-corrected chi connectivity index (χ2v) is 11.0. The van der Waals surface area contributed by atoms with Crippen LogP contribution in [0.25, 0.3) is 10.9 Å². The molecule has 9 nitrogen and oxygen atoms in total. The van der Waals surface area contributed by atoms with Crippen molar-refractivity contribution in [3.63, 3.8) is 0 Å². The Morgan fingerprint density at radius 3 is 2.41 bits per heavy atom. The molecule has 194 valence electrons. The van der Waals surface area contributed by atoms with Crippen molar-refractivity contribution in [2.24, 2.45) is 5.41 Å². The summed E-state index contributed by atoms with van der Waals surface area (Å²) in [6.07, 6.45) is 4.62. The molecule has 0 amide bonds. The van der Waals surface area contributed by atoms with Gasteiger partial charge < -0.3 is 10.6 Å². The Labute approximate surface area is 225 Å². The Hall–Kier alpha value is -5.01. The summed E-state index contributed by atoms with van der Waals surface area (Å²) in [4.78, 5) is 4.41. The molecule has 0 bridgehead atoms. The molecular weight excluding hydrogens is 493 g/mol. The Balaban J connectivity index is 1.61. The molecule has 4 aromatic rings. The minimum Gasteiger partial charge on any atom is -0.383 e. The van der Waals surface area contributed by atoms with Crippen LogP contribution in [0.4, 0.5) is 15.8 Å². The average Bonchev–Trinajstić information content (AvgIpc) is 3.57. The first-order chi connectivity index (χ1) is 18.7. The van der Waals surface area contributed by atoms with E-state index in [-0.39, 0.29) is 11.2 Å². The summed E-state index contributed by atoms with van der Waals surface area (Å²) in [7, 11) is 0. The monoisotopic (exact) mass is 519 g/mol. The zero-order valence-electron chi connectivity index (χ0n) is 21.8. The third-order valence-electron chi connectivity index (χ3n) is 6.70. The average molecular weight is 520 g/mol. The van der Waals surface area contributed by atoms with E-state index < -0.39 is 11.6 Å². The molecule has 1 saturated carbocycles. The Bertz CT molecular complexity index is 1670. The van der Waals surface area contributed by atoms with Crippen LogP contribution in [0, 0.1) is 45.2 Å². The van der Waals surface area contributed by atoms with Crippen molar-refractivity contribution >= 4 is 22.3 Å². The molecule has 39 heavy (non-hydrogen) atoms. The number of pyridine rings is 1. The Morgan fingerprint density at radius 2 is 1.79 bits per heavy atom. The molecule has 1 atom stereocenters. The number of hydrogen-bond donors (Lipinski definition) is 2. The van der Waals surface area contributed by atoms with Crippen molar-refractivity contribution in [1.82, 2.24) is 20.0 Å². The number of benzene rings is 2. The number of aromatic nitrogens is 4. The van der Waals surface area contributed by atoms with Gasteiger partial charge in [0.25, 0.3) is 0 Å². The molecule has 1 aliphatic rings. The third-order valence-corrected chi connectivity index (χ3v) is 6.70. The largest absolute Gasteiger partial charge is 0.383 e. The number of anilines is 2. The highest BCUT2D eigenvalue weighted by Gasteiger charge is 2.46. The normalized spacial score (nSPS) is 14.6. The molecule has 0 spiro atoms. The molecular formula is C29H26FN9. The predicted octanol–water partition coefficient (Wildman–Crippen LogP) is 5.38. The maximum atomic E-state index is 13.8. The first kappa shape index (κ1) is 25.6. The fraction of sp³-hybridized carbons (Fsp3) is 0.310. The SMILES string of the molecule is CC(C)(C)CNc1c(C#N)cnc2c(C#N)cc(NC(c3ccc(F)cc3)c3cn(C4(C#N)CC4)nn3)cc12. The summed E-state index contributed by atoms with van der Waals surface area (Å²) in [5.74, 6) is -0.371. The highest BCUT2D eigenvalue weighted by atomic mass is 19.1. The molecule has 5 rings (SSSR count). The van der Waals surface area contributed by atoms with Gasteiger partial charge in [0.05, 0.1) is 40.6 Å². The number of nitriles is 3. The summed E-state index contributed by atoms with van der Waals surface area (Å²) < 4.78 is 15.4. The van der Waals surface area contributed by atoms with Crippen molar-refractivity contribution in [3.8, 4) is 18.2 Å². The third kappa shape index (κ3) is 5.08. The van der Waals surface area contributed by atoms with Gasteiger partial charge in [-0.3, -0.25) is 4.98 Å². The number of rotatable bonds is 7. The Kier molecular flexibility index (Phi) is 6.38. The minimum atomic E-state index is -0.678. The van der Waals surface area contributed by atoms with E-state index in [1.807, 2.05) is 6.07 Å². The fourth-order valence-electron chi connectivity index (χ4n) is 4.38. The summed E-state index contributed by atoms with van der Waals surface area (Å²) >= 11 is 0. The van der Waals surface area contributed by atoms with E-state index in [1.165, 1.54) is 18.3 Å². The minimum absolute atomic E-state index is 0.0575. The van der Waals surface area contributed by atoms with Crippen LogP contribution in [-0.2, 0) is 5.54 Å². The van der Waals surface area contributed by atoms with Crippen LogP contribution in [0.1, 0.15) is 62.0 Å². The number of nitrogens with one attached hydrogen (secondary N) is 2. The first-order valence-electron chi connectivity index (χ1n) is 12.5. The van der Waals surface area contributed by atoms with E-state index in [1.54, 1.807) is 29.1 Å². The topological polar surface area (TPSA) is 139 Å². The van der Waals surface area contributed by atoms with E-state index in [9.17, 15) is 20.2 Å². The molecule has 0 aliphatic heterocycles. The van der Waals surface area contributed by atoms with Gasteiger partial charge >= 0.3 is 0 Å². The van der Waals surface area contributed by atoms with Crippen LogP contribution in [0.2, 0.25) is 0 Å². The van der Waals surface area contributed by atoms with Crippen LogP contribution in [-0.4, -0.2) is 26.5 Å². The van der Waals surface area contributed by atoms with E-state index in [0.717, 1.165) is 5.56 Å². The van der Waals surface area contributed by atoms with Crippen molar-refractivity contribution in [3.05, 3.63) is 77.0 Å². The quantitative estimate of drug-likeness (QED) is 0.332. The lowest BCUT2D eigenvalue weighted by molar-refractivity contribution is 0.443. The van der Waals surface area contributed by atoms with E-state index in [2.05, 4.69) is 64.9 Å². The number of halogens is 1. The van der Waals surface area contributed by atoms with Crippen LogP contribution in [0.3, 0.4) is 0 Å². The van der Waals surface area contributed by atoms with Gasteiger partial charge in [-0.25, -0.2) is 9.07 Å². The van der Waals surface area contributed by atoms with E-state index >= 15 is 0 Å². The maximum Gasteiger partial charge on any atom is 0.150 e. The number of fused-ring (bicyclic) bond motifs is 1. The predicted molar refractivity (Wildman–Crippen MR) is 144 cm³/mol. The van der Waals surface area contributed by atoms with Crippen LogP contribution < -0.4 is 10.6 Å². The molecule has 2 aromatic carbocycles. The van der Waals surface area contributed by atoms with Gasteiger partial charge in [-0.1, -0.05) is 38.1 Å². The zero-order valence-corrected chi connectivity index (χ0v) is 21.8. The standard InChI is InChI=1S/C29H26FN9/c1-28(2,3)17-35-26-20(13-32)14-34-25-19(12-31)10-22(11-23(25)26)36-27(18-4-6-21(30)7-5-18)24-15-39(38-37-24)29(16-33)8-9-29/h4-7,10-11,14-15,27,36H,8-9,17H2,1-3H3,(H,34,35). The van der Waals surface area contributed by atoms with Gasteiger partial charge in [0.1, 0.15) is 23.6 Å². The molecule has 1 fully saturated rings. The van der Waals surface area contributed by atoms with E-state index in [4.69, 9.17) is 0 Å². The number of hydrogen-bond acceptors (Lipinski definition) is 8. The van der Waals surface area contributed by atoms with Gasteiger partial charge in [0, 0.05) is 23.8 Å². The van der Waals surface area contributed by atoms with Gasteiger partial charge in [-0.15, -0.1) is 5.10 Å². The van der Waals surface area contributed by atoms with Crippen molar-refractivity contribution in [2.45, 2.75) is 45.2 Å². The lowest BCUT2D eigenvalue weighted by atomic mass is 9.96. The smallest absolute Gasteiger partial charge is 0.150 e. The lowest BCUT2D eigenvalue weighted by Crippen LogP contribution is -2.20. The highest BCUT2D eigenvalue weighted by Crippen LogP contribution is 2.42. The molecule has 1 unspecified atom stereocenters. The zero-order chi connectivity index (χ0) is 27.8. The molecule has 0 saturated heterocycles. The van der Waals surface area contributed by atoms with Crippen LogP contribution >= 0.6 is 0 Å². The summed E-state index contributed by atoms with van der Waals surface area (Å²) in [6.45, 7) is 6.85. The van der Waals surface area contributed by atoms with Gasteiger partial charge in [-0.2, -0.15) is 15.8 Å². The van der Waals surface area contributed by atoms with Crippen molar-refractivity contribution in [1.29, 1.82) is 15.8 Å². The molecule has 0 radical (unpaired) electrons. The molecule has 10 heteroatoms. The van der Waals surface area contributed by atoms with E-state index in [0.29, 0.717) is 58.5 Å². The Morgan fingerprint density at radius 1 is 1.08 bits per heavy atom. The molecule has 2 N–H and O–H groups in total. The van der Waals surface area contributed by atoms with Crippen LogP contribution in [0.15, 0.2) is 48.8 Å². The summed E-state index contributed by atoms with van der Waals surface area (Å²) in [5, 5.41) is 45.3. The van der Waals surface area contributed by atoms with Gasteiger partial charge in [0.2, 0.25) is 0 Å². The number of nitrogens with zero attached hydrogens (tertiary/aromatic N) is 7. The highest BCUT2D eigenvalue weighted by molar-refractivity contribution is 5.99. The second-order valence-electron chi connectivity index (χ2n) is 11.0. The van der Waals surface area contributed by atoms with Gasteiger partial charge in [-0.05, 0) is 48.1 Å².